The quantitative estimate of drug-likeness (QED) is 0.863. The molecular weight excluding hydrogens is 284 g/mol. The number of ether oxygens (including phenoxy) is 1. The highest BCUT2D eigenvalue weighted by Gasteiger charge is 2.14. The molecule has 0 atom stereocenters. The van der Waals surface area contributed by atoms with E-state index in [1.54, 1.807) is 25.1 Å². The molecule has 2 rings (SSSR count). The number of rotatable bonds is 2. The van der Waals surface area contributed by atoms with Crippen LogP contribution >= 0.6 is 15.9 Å². The minimum atomic E-state index is -0.508. The lowest BCUT2D eigenvalue weighted by Gasteiger charge is -2.07. The Morgan fingerprint density at radius 2 is 2.06 bits per heavy atom. The number of esters is 1. The molecule has 88 valence electrons. The predicted molar refractivity (Wildman–Crippen MR) is 69.3 cm³/mol. The Balaban J connectivity index is 2.60. The number of hydrogen-bond acceptors (Lipinski definition) is 3. The van der Waals surface area contributed by atoms with Crippen molar-refractivity contribution < 1.29 is 14.6 Å². The molecule has 3 nitrogen and oxygen atoms in total. The Morgan fingerprint density at radius 1 is 1.35 bits per heavy atom. The minimum Gasteiger partial charge on any atom is -0.506 e. The highest BCUT2D eigenvalue weighted by atomic mass is 79.9. The molecule has 0 heterocycles. The zero-order valence-corrected chi connectivity index (χ0v) is 10.8. The van der Waals surface area contributed by atoms with Gasteiger partial charge in [-0.1, -0.05) is 28.1 Å². The summed E-state index contributed by atoms with van der Waals surface area (Å²) in [6, 6.07) is 8.88. The average molecular weight is 295 g/mol. The van der Waals surface area contributed by atoms with Crippen molar-refractivity contribution in [2.75, 3.05) is 6.61 Å². The highest BCUT2D eigenvalue weighted by molar-refractivity contribution is 9.10. The number of hydrogen-bond donors (Lipinski definition) is 1. The largest absolute Gasteiger partial charge is 0.506 e. The van der Waals surface area contributed by atoms with Gasteiger partial charge in [0.15, 0.2) is 0 Å². The van der Waals surface area contributed by atoms with Crippen LogP contribution in [0.3, 0.4) is 0 Å². The smallest absolute Gasteiger partial charge is 0.341 e. The van der Waals surface area contributed by atoms with Crippen LogP contribution in [0.2, 0.25) is 0 Å². The van der Waals surface area contributed by atoms with Crippen molar-refractivity contribution in [1.29, 1.82) is 0 Å². The van der Waals surface area contributed by atoms with Crippen LogP contribution < -0.4 is 0 Å². The summed E-state index contributed by atoms with van der Waals surface area (Å²) in [6.07, 6.45) is 0. The first-order valence-electron chi connectivity index (χ1n) is 5.22. The molecule has 17 heavy (non-hydrogen) atoms. The Labute approximate surface area is 107 Å². The van der Waals surface area contributed by atoms with Crippen molar-refractivity contribution in [3.8, 4) is 5.75 Å². The second-order valence-electron chi connectivity index (χ2n) is 3.55. The van der Waals surface area contributed by atoms with Gasteiger partial charge in [-0.05, 0) is 30.5 Å². The molecule has 1 N–H and O–H groups in total. The van der Waals surface area contributed by atoms with E-state index in [4.69, 9.17) is 4.74 Å². The second kappa shape index (κ2) is 4.75. The maximum Gasteiger partial charge on any atom is 0.341 e. The molecule has 0 saturated heterocycles. The third-order valence-corrected chi connectivity index (χ3v) is 2.94. The fraction of sp³-hybridized carbons (Fsp3) is 0.154. The zero-order chi connectivity index (χ0) is 12.4. The standard InChI is InChI=1S/C13H11BrO3/c1-2-17-13(16)10-6-4-8-3-5-9(14)7-11(8)12(10)15/h3-7,15H,2H2,1H3. The van der Waals surface area contributed by atoms with Crippen molar-refractivity contribution in [3.63, 3.8) is 0 Å². The zero-order valence-electron chi connectivity index (χ0n) is 9.24. The average Bonchev–Trinajstić information content (AvgIpc) is 2.30. The number of carbonyl (C=O) groups is 1. The van der Waals surface area contributed by atoms with Crippen molar-refractivity contribution in [2.24, 2.45) is 0 Å². The third kappa shape index (κ3) is 2.26. The van der Waals surface area contributed by atoms with Crippen LogP contribution in [0, 0.1) is 0 Å². The molecule has 0 aliphatic carbocycles. The molecule has 2 aromatic carbocycles. The van der Waals surface area contributed by atoms with Crippen LogP contribution in [-0.4, -0.2) is 17.7 Å². The molecule has 0 spiro atoms. The van der Waals surface area contributed by atoms with E-state index in [-0.39, 0.29) is 17.9 Å². The number of phenolic OH excluding ortho intramolecular Hbond substituents is 1. The van der Waals surface area contributed by atoms with E-state index in [2.05, 4.69) is 15.9 Å². The van der Waals surface area contributed by atoms with E-state index in [0.29, 0.717) is 5.39 Å². The monoisotopic (exact) mass is 294 g/mol. The molecular formula is C13H11BrO3. The van der Waals surface area contributed by atoms with Gasteiger partial charge in [-0.3, -0.25) is 0 Å². The van der Waals surface area contributed by atoms with Crippen molar-refractivity contribution in [2.45, 2.75) is 6.92 Å². The number of fused-ring (bicyclic) bond motifs is 1. The summed E-state index contributed by atoms with van der Waals surface area (Å²) in [5.74, 6) is -0.547. The minimum absolute atomic E-state index is 0.0396. The molecule has 2 aromatic rings. The molecule has 0 aliphatic heterocycles. The van der Waals surface area contributed by atoms with Crippen molar-refractivity contribution in [3.05, 3.63) is 40.4 Å². The molecule has 0 aromatic heterocycles. The van der Waals surface area contributed by atoms with E-state index in [9.17, 15) is 9.90 Å². The lowest BCUT2D eigenvalue weighted by molar-refractivity contribution is 0.0523. The summed E-state index contributed by atoms with van der Waals surface area (Å²) in [6.45, 7) is 2.02. The Bertz CT molecular complexity index is 578. The maximum absolute atomic E-state index is 11.6. The number of carbonyl (C=O) groups excluding carboxylic acids is 1. The van der Waals surface area contributed by atoms with Crippen LogP contribution in [0.4, 0.5) is 0 Å². The molecule has 0 unspecified atom stereocenters. The fourth-order valence-electron chi connectivity index (χ4n) is 1.65. The van der Waals surface area contributed by atoms with E-state index >= 15 is 0 Å². The molecule has 4 heteroatoms. The van der Waals surface area contributed by atoms with Gasteiger partial charge in [0.25, 0.3) is 0 Å². The van der Waals surface area contributed by atoms with Crippen LogP contribution in [-0.2, 0) is 4.74 Å². The molecule has 0 saturated carbocycles. The number of benzene rings is 2. The summed E-state index contributed by atoms with van der Waals surface area (Å²) in [4.78, 5) is 11.6. The molecule has 0 bridgehead atoms. The first-order valence-corrected chi connectivity index (χ1v) is 6.01. The van der Waals surface area contributed by atoms with Gasteiger partial charge in [0.2, 0.25) is 0 Å². The van der Waals surface area contributed by atoms with Gasteiger partial charge >= 0.3 is 5.97 Å². The SMILES string of the molecule is CCOC(=O)c1ccc2ccc(Br)cc2c1O. The fourth-order valence-corrected chi connectivity index (χ4v) is 2.01. The van der Waals surface area contributed by atoms with Crippen LogP contribution in [0.5, 0.6) is 5.75 Å². The summed E-state index contributed by atoms with van der Waals surface area (Å²) in [5.41, 5.74) is 0.192. The highest BCUT2D eigenvalue weighted by Crippen LogP contribution is 2.31. The first-order chi connectivity index (χ1) is 8.13. The van der Waals surface area contributed by atoms with Gasteiger partial charge < -0.3 is 9.84 Å². The third-order valence-electron chi connectivity index (χ3n) is 2.45. The summed E-state index contributed by atoms with van der Waals surface area (Å²) >= 11 is 3.33. The Kier molecular flexibility index (Phi) is 3.33. The van der Waals surface area contributed by atoms with Crippen molar-refractivity contribution in [1.82, 2.24) is 0 Å². The van der Waals surface area contributed by atoms with Crippen LogP contribution in [0.1, 0.15) is 17.3 Å². The van der Waals surface area contributed by atoms with Crippen LogP contribution in [0.25, 0.3) is 10.8 Å². The van der Waals surface area contributed by atoms with Gasteiger partial charge in [0, 0.05) is 9.86 Å². The Hall–Kier alpha value is -1.55. The van der Waals surface area contributed by atoms with E-state index in [1.807, 2.05) is 12.1 Å². The summed E-state index contributed by atoms with van der Waals surface area (Å²) in [5, 5.41) is 11.6. The number of phenols is 1. The lowest BCUT2D eigenvalue weighted by Crippen LogP contribution is -2.04. The van der Waals surface area contributed by atoms with Crippen LogP contribution in [0.15, 0.2) is 34.8 Å². The lowest BCUT2D eigenvalue weighted by atomic mass is 10.1. The second-order valence-corrected chi connectivity index (χ2v) is 4.46. The predicted octanol–water partition coefficient (Wildman–Crippen LogP) is 3.48. The van der Waals surface area contributed by atoms with Crippen molar-refractivity contribution >= 4 is 32.7 Å². The Morgan fingerprint density at radius 3 is 2.76 bits per heavy atom. The number of halogens is 1. The van der Waals surface area contributed by atoms with E-state index in [0.717, 1.165) is 9.86 Å². The first kappa shape index (κ1) is 11.9. The van der Waals surface area contributed by atoms with Gasteiger partial charge in [-0.25, -0.2) is 4.79 Å². The molecule has 0 fully saturated rings. The number of aromatic hydroxyl groups is 1. The van der Waals surface area contributed by atoms with Gasteiger partial charge in [-0.15, -0.1) is 0 Å². The summed E-state index contributed by atoms with van der Waals surface area (Å²) in [7, 11) is 0. The van der Waals surface area contributed by atoms with Gasteiger partial charge in [-0.2, -0.15) is 0 Å². The molecule has 0 radical (unpaired) electrons. The van der Waals surface area contributed by atoms with E-state index in [1.165, 1.54) is 0 Å². The topological polar surface area (TPSA) is 46.5 Å². The van der Waals surface area contributed by atoms with Gasteiger partial charge in [0.05, 0.1) is 6.61 Å². The molecule has 0 amide bonds. The maximum atomic E-state index is 11.6. The normalized spacial score (nSPS) is 10.5. The molecule has 0 aliphatic rings. The van der Waals surface area contributed by atoms with E-state index < -0.39 is 5.97 Å². The summed E-state index contributed by atoms with van der Waals surface area (Å²) < 4.78 is 5.73. The van der Waals surface area contributed by atoms with Gasteiger partial charge in [0.1, 0.15) is 11.3 Å².